The normalized spacial score (nSPS) is 11.4. The standard InChI is InChI=1S/C36H46O6/c1-5-6-7-8-9-10-11-15-25-39-30-22-17-23-31-32(30)33(40-26-24-28(4)19-16-18-27(2)3)34(36(38)41-31)42-35(37)29-20-13-12-14-21-29/h12-14,17-18,20-24H,5-11,15-16,19,25-26H2,1-4H3/b28-24+. The highest BCUT2D eigenvalue weighted by Gasteiger charge is 2.24. The van der Waals surface area contributed by atoms with Crippen LogP contribution in [-0.4, -0.2) is 19.2 Å². The van der Waals surface area contributed by atoms with Crippen molar-refractivity contribution in [3.63, 3.8) is 0 Å². The van der Waals surface area contributed by atoms with Gasteiger partial charge in [0.2, 0.25) is 0 Å². The van der Waals surface area contributed by atoms with E-state index >= 15 is 0 Å². The van der Waals surface area contributed by atoms with Crippen LogP contribution in [0.15, 0.2) is 81.0 Å². The number of fused-ring (bicyclic) bond motifs is 1. The number of carbonyl (C=O) groups excluding carboxylic acids is 1. The molecule has 0 unspecified atom stereocenters. The Labute approximate surface area is 250 Å². The molecule has 0 atom stereocenters. The summed E-state index contributed by atoms with van der Waals surface area (Å²) in [5.41, 5.74) is 2.29. The summed E-state index contributed by atoms with van der Waals surface area (Å²) in [5.74, 6) is -0.283. The largest absolute Gasteiger partial charge is 0.493 e. The van der Waals surface area contributed by atoms with E-state index in [0.717, 1.165) is 31.3 Å². The lowest BCUT2D eigenvalue weighted by atomic mass is 10.1. The molecular weight excluding hydrogens is 528 g/mol. The van der Waals surface area contributed by atoms with Gasteiger partial charge in [0.15, 0.2) is 5.75 Å². The zero-order chi connectivity index (χ0) is 30.2. The molecule has 0 aliphatic rings. The number of ether oxygens (including phenoxy) is 3. The Bertz CT molecular complexity index is 1380. The van der Waals surface area contributed by atoms with Crippen molar-refractivity contribution < 1.29 is 23.4 Å². The van der Waals surface area contributed by atoms with Gasteiger partial charge in [0.05, 0.1) is 12.2 Å². The lowest BCUT2D eigenvalue weighted by Crippen LogP contribution is -2.16. The third-order valence-electron chi connectivity index (χ3n) is 7.02. The molecule has 0 spiro atoms. The van der Waals surface area contributed by atoms with Crippen LogP contribution in [0.25, 0.3) is 11.0 Å². The van der Waals surface area contributed by atoms with Crippen molar-refractivity contribution in [1.82, 2.24) is 0 Å². The van der Waals surface area contributed by atoms with Gasteiger partial charge in [-0.1, -0.05) is 93.4 Å². The number of rotatable bonds is 18. The maximum atomic E-state index is 13.1. The van der Waals surface area contributed by atoms with Gasteiger partial charge < -0.3 is 18.6 Å². The highest BCUT2D eigenvalue weighted by atomic mass is 16.6. The van der Waals surface area contributed by atoms with Crippen LogP contribution in [-0.2, 0) is 0 Å². The molecular formula is C36H46O6. The van der Waals surface area contributed by atoms with Crippen LogP contribution in [0.4, 0.5) is 0 Å². The number of unbranched alkanes of at least 4 members (excludes halogenated alkanes) is 7. The number of benzene rings is 2. The number of allylic oxidation sites excluding steroid dienone is 3. The van der Waals surface area contributed by atoms with Crippen LogP contribution in [0.5, 0.6) is 17.2 Å². The average molecular weight is 575 g/mol. The van der Waals surface area contributed by atoms with E-state index in [9.17, 15) is 9.59 Å². The van der Waals surface area contributed by atoms with E-state index in [4.69, 9.17) is 18.6 Å². The smallest absolute Gasteiger partial charge is 0.383 e. The lowest BCUT2D eigenvalue weighted by molar-refractivity contribution is 0.0722. The molecule has 2 aromatic carbocycles. The summed E-state index contributed by atoms with van der Waals surface area (Å²) in [6, 6.07) is 13.8. The van der Waals surface area contributed by atoms with Crippen LogP contribution in [0, 0.1) is 0 Å². The quantitative estimate of drug-likeness (QED) is 0.0652. The van der Waals surface area contributed by atoms with Gasteiger partial charge in [-0.2, -0.15) is 0 Å². The van der Waals surface area contributed by atoms with Gasteiger partial charge in [0.25, 0.3) is 5.75 Å². The molecule has 42 heavy (non-hydrogen) atoms. The van der Waals surface area contributed by atoms with Crippen molar-refractivity contribution in [1.29, 1.82) is 0 Å². The first kappa shape index (κ1) is 32.7. The molecule has 0 N–H and O–H groups in total. The third kappa shape index (κ3) is 10.6. The molecule has 3 rings (SSSR count). The Morgan fingerprint density at radius 3 is 2.24 bits per heavy atom. The SMILES string of the molecule is CCCCCCCCCCOc1cccc2oc(=O)c(OC(=O)c3ccccc3)c(OC/C=C(\C)CCC=C(C)C)c12. The molecule has 6 nitrogen and oxygen atoms in total. The average Bonchev–Trinajstić information content (AvgIpc) is 2.97. The second-order valence-electron chi connectivity index (χ2n) is 10.9. The molecule has 0 aliphatic carbocycles. The molecule has 0 saturated carbocycles. The van der Waals surface area contributed by atoms with E-state index in [1.165, 1.54) is 44.1 Å². The predicted molar refractivity (Wildman–Crippen MR) is 170 cm³/mol. The van der Waals surface area contributed by atoms with E-state index in [0.29, 0.717) is 28.9 Å². The van der Waals surface area contributed by atoms with Crippen molar-refractivity contribution in [2.75, 3.05) is 13.2 Å². The second kappa shape index (κ2) is 17.9. The molecule has 3 aromatic rings. The molecule has 0 aliphatic heterocycles. The van der Waals surface area contributed by atoms with Crippen molar-refractivity contribution in [3.8, 4) is 17.2 Å². The summed E-state index contributed by atoms with van der Waals surface area (Å²) >= 11 is 0. The molecule has 0 saturated heterocycles. The minimum atomic E-state index is -0.786. The van der Waals surface area contributed by atoms with Crippen molar-refractivity contribution in [3.05, 3.63) is 87.8 Å². The zero-order valence-corrected chi connectivity index (χ0v) is 25.7. The highest BCUT2D eigenvalue weighted by molar-refractivity contribution is 5.95. The number of hydrogen-bond acceptors (Lipinski definition) is 6. The molecule has 1 heterocycles. The monoisotopic (exact) mass is 574 g/mol. The molecule has 0 fully saturated rings. The third-order valence-corrected chi connectivity index (χ3v) is 7.02. The maximum Gasteiger partial charge on any atom is 0.383 e. The van der Waals surface area contributed by atoms with Gasteiger partial charge in [-0.15, -0.1) is 0 Å². The summed E-state index contributed by atoms with van der Waals surface area (Å²) in [6.45, 7) is 9.17. The summed E-state index contributed by atoms with van der Waals surface area (Å²) in [7, 11) is 0. The topological polar surface area (TPSA) is 75.0 Å². The molecule has 6 heteroatoms. The van der Waals surface area contributed by atoms with Crippen LogP contribution < -0.4 is 19.8 Å². The van der Waals surface area contributed by atoms with Gasteiger partial charge in [0, 0.05) is 0 Å². The van der Waals surface area contributed by atoms with Gasteiger partial charge in [0.1, 0.15) is 23.3 Å². The van der Waals surface area contributed by atoms with Crippen LogP contribution in [0.1, 0.15) is 102 Å². The minimum Gasteiger partial charge on any atom is -0.493 e. The van der Waals surface area contributed by atoms with E-state index in [1.54, 1.807) is 42.5 Å². The van der Waals surface area contributed by atoms with Crippen LogP contribution in [0.2, 0.25) is 0 Å². The number of hydrogen-bond donors (Lipinski definition) is 0. The van der Waals surface area contributed by atoms with E-state index < -0.39 is 11.6 Å². The first-order chi connectivity index (χ1) is 20.4. The van der Waals surface area contributed by atoms with Crippen LogP contribution >= 0.6 is 0 Å². The first-order valence-corrected chi connectivity index (χ1v) is 15.3. The summed E-state index contributed by atoms with van der Waals surface area (Å²) in [4.78, 5) is 26.0. The summed E-state index contributed by atoms with van der Waals surface area (Å²) < 4.78 is 23.6. The maximum absolute atomic E-state index is 13.1. The summed E-state index contributed by atoms with van der Waals surface area (Å²) in [6.07, 6.45) is 15.6. The molecule has 0 bridgehead atoms. The molecule has 1 aromatic heterocycles. The minimum absolute atomic E-state index is 0.144. The number of esters is 1. The first-order valence-electron chi connectivity index (χ1n) is 15.3. The molecule has 0 radical (unpaired) electrons. The van der Waals surface area contributed by atoms with Crippen molar-refractivity contribution in [2.45, 2.75) is 91.9 Å². The second-order valence-corrected chi connectivity index (χ2v) is 10.9. The van der Waals surface area contributed by atoms with Gasteiger partial charge in [-0.25, -0.2) is 9.59 Å². The Morgan fingerprint density at radius 2 is 1.52 bits per heavy atom. The van der Waals surface area contributed by atoms with Gasteiger partial charge in [-0.3, -0.25) is 0 Å². The van der Waals surface area contributed by atoms with E-state index in [2.05, 4.69) is 26.8 Å². The Kier molecular flexibility index (Phi) is 13.9. The zero-order valence-electron chi connectivity index (χ0n) is 25.7. The fraction of sp³-hybridized carbons (Fsp3) is 0.444. The van der Waals surface area contributed by atoms with Crippen molar-refractivity contribution >= 4 is 16.9 Å². The van der Waals surface area contributed by atoms with Crippen LogP contribution in [0.3, 0.4) is 0 Å². The predicted octanol–water partition coefficient (Wildman–Crippen LogP) is 9.60. The number of carbonyl (C=O) groups is 1. The van der Waals surface area contributed by atoms with E-state index in [-0.39, 0.29) is 18.1 Å². The Hall–Kier alpha value is -3.80. The van der Waals surface area contributed by atoms with E-state index in [1.807, 2.05) is 19.1 Å². The van der Waals surface area contributed by atoms with Gasteiger partial charge in [-0.05, 0) is 70.4 Å². The Morgan fingerprint density at radius 1 is 0.810 bits per heavy atom. The molecule has 226 valence electrons. The Balaban J connectivity index is 1.83. The fourth-order valence-electron chi connectivity index (χ4n) is 4.62. The van der Waals surface area contributed by atoms with Gasteiger partial charge >= 0.3 is 11.6 Å². The summed E-state index contributed by atoms with van der Waals surface area (Å²) in [5, 5.41) is 0.475. The molecule has 0 amide bonds. The lowest BCUT2D eigenvalue weighted by Gasteiger charge is -2.15. The fourth-order valence-corrected chi connectivity index (χ4v) is 4.62. The van der Waals surface area contributed by atoms with Crippen molar-refractivity contribution in [2.24, 2.45) is 0 Å². The highest BCUT2D eigenvalue weighted by Crippen LogP contribution is 2.39.